The van der Waals surface area contributed by atoms with Crippen LogP contribution in [0.3, 0.4) is 0 Å². The number of rotatable bonds is 13. The summed E-state index contributed by atoms with van der Waals surface area (Å²) in [6, 6.07) is 0. The van der Waals surface area contributed by atoms with Crippen LogP contribution >= 0.6 is 0 Å². The van der Waals surface area contributed by atoms with Gasteiger partial charge in [-0.15, -0.1) is 0 Å². The molecule has 0 aromatic rings. The largest absolute Gasteiger partial charge is 0.0654 e. The molecule has 0 heterocycles. The summed E-state index contributed by atoms with van der Waals surface area (Å²) in [4.78, 5) is 0. The van der Waals surface area contributed by atoms with E-state index >= 15 is 0 Å². The minimum absolute atomic E-state index is 0.550. The highest BCUT2D eigenvalue weighted by Gasteiger charge is 2.40. The minimum atomic E-state index is 0.550. The molecule has 0 heteroatoms. The highest BCUT2D eigenvalue weighted by atomic mass is 14.5. The first-order valence-corrected chi connectivity index (χ1v) is 41.7. The van der Waals surface area contributed by atoms with E-state index in [1.54, 1.807) is 0 Å². The maximum atomic E-state index is 2.42. The van der Waals surface area contributed by atoms with E-state index in [1.807, 2.05) is 0 Å². The standard InChI is InChI=1S/C11H22.3C9H18.2C8H16.C8H18.C7H14.3C7H16/c1-9-10(2,3)7-6-8-11(9,4)5;1-8-4-6-9(2,3)7-5-8;1-8-6-4-5-7-9(8,2)3;1-7-5-4-6-8(2)9(7)3;1-7-5-3-4-6-8(7)2;1-7(2)8-5-3-4-6-8;1-4-6-7-8(3)5-2;1-6(2)7-4-3-5-7;1-5-6-7(2,3)4;1-4-5-6-7(2)3;1-4-7(5-2)6-3/h9H,6-8H2,1-5H3;2*8H,4-7H2,1-3H3;7-9H,4-6H2,1-3H3;2*7-8H,3-6H2,1-2H3;8H,4-7H2,1-3H3;6-7H,3-5H2,1-2H3;5-6H2,1-4H3;2*7H,4-6H2,1-3H3/t;;8-;;7-,8?;;;;;;/m..1.1....../s1. The lowest BCUT2D eigenvalue weighted by molar-refractivity contribution is 0.0286. The van der Waals surface area contributed by atoms with Crippen LogP contribution in [0.2, 0.25) is 0 Å². The molecule has 0 N–H and O–H groups in total. The van der Waals surface area contributed by atoms with Crippen LogP contribution in [0.5, 0.6) is 0 Å². The molecule has 7 fully saturated rings. The fraction of sp³-hybridized carbons (Fsp3) is 1.00. The van der Waals surface area contributed by atoms with Crippen LogP contribution in [0.25, 0.3) is 0 Å². The van der Waals surface area contributed by atoms with Gasteiger partial charge in [0.05, 0.1) is 0 Å². The predicted molar refractivity (Wildman–Crippen MR) is 423 cm³/mol. The maximum absolute atomic E-state index is 2.42. The van der Waals surface area contributed by atoms with E-state index < -0.39 is 0 Å². The zero-order chi connectivity index (χ0) is 70.3. The summed E-state index contributed by atoms with van der Waals surface area (Å²) in [7, 11) is 0. The SMILES string of the molecule is CC(C)C1CCC1.CC(C)C1CCCC1.CC1C(C)(C)CCCC1(C)C.CC1CCC(C)(C)CC1.CC1CCCC(C)C1C.CC1CCCC[C@H]1C.CCC(CC)CC.CCCC(C)(C)C.CCCCC(C)C.CCCCC(C)CC.C[C@@H]1CCCCC1(C)C. The topological polar surface area (TPSA) is 0 Å². The van der Waals surface area contributed by atoms with Crippen LogP contribution in [0.15, 0.2) is 0 Å². The molecule has 7 aliphatic rings. The molecular formula is C90H188. The molecule has 7 rings (SSSR count). The van der Waals surface area contributed by atoms with Crippen LogP contribution in [-0.4, -0.2) is 0 Å². The first-order chi connectivity index (χ1) is 41.7. The van der Waals surface area contributed by atoms with Crippen molar-refractivity contribution in [3.8, 4) is 0 Å². The van der Waals surface area contributed by atoms with Crippen molar-refractivity contribution in [3.05, 3.63) is 0 Å². The normalized spacial score (nSPS) is 25.6. The molecule has 0 bridgehead atoms. The molecule has 7 saturated carbocycles. The molecule has 0 saturated heterocycles. The molecule has 0 aliphatic heterocycles. The van der Waals surface area contributed by atoms with E-state index in [4.69, 9.17) is 0 Å². The van der Waals surface area contributed by atoms with Crippen LogP contribution in [-0.2, 0) is 0 Å². The Hall–Kier alpha value is 0. The van der Waals surface area contributed by atoms with Crippen LogP contribution in [0.1, 0.15) is 466 Å². The van der Waals surface area contributed by atoms with E-state index in [2.05, 4.69) is 228 Å². The molecule has 7 aliphatic carbocycles. The fourth-order valence-corrected chi connectivity index (χ4v) is 14.8. The molecular weight excluding hydrogens is 1080 g/mol. The molecule has 548 valence electrons. The van der Waals surface area contributed by atoms with Gasteiger partial charge in [-0.25, -0.2) is 0 Å². The lowest BCUT2D eigenvalue weighted by atomic mass is 9.58. The van der Waals surface area contributed by atoms with Gasteiger partial charge in [0.2, 0.25) is 0 Å². The van der Waals surface area contributed by atoms with Gasteiger partial charge in [0.25, 0.3) is 0 Å². The van der Waals surface area contributed by atoms with Gasteiger partial charge in [0.1, 0.15) is 0 Å². The van der Waals surface area contributed by atoms with E-state index in [9.17, 15) is 0 Å². The molecule has 0 amide bonds. The van der Waals surface area contributed by atoms with E-state index in [1.165, 1.54) is 238 Å². The molecule has 90 heavy (non-hydrogen) atoms. The molecule has 0 spiro atoms. The summed E-state index contributed by atoms with van der Waals surface area (Å²) in [6.45, 7) is 77.1. The first-order valence-electron chi connectivity index (χ1n) is 41.7. The average Bonchev–Trinajstić information content (AvgIpc) is 1.42. The minimum Gasteiger partial charge on any atom is -0.0654 e. The second-order valence-corrected chi connectivity index (χ2v) is 37.8. The zero-order valence-electron chi connectivity index (χ0n) is 70.3. The van der Waals surface area contributed by atoms with Gasteiger partial charge in [-0.3, -0.25) is 0 Å². The predicted octanol–water partition coefficient (Wildman–Crippen LogP) is 33.2. The van der Waals surface area contributed by atoms with Crippen molar-refractivity contribution in [3.63, 3.8) is 0 Å². The Morgan fingerprint density at radius 2 is 0.733 bits per heavy atom. The van der Waals surface area contributed by atoms with E-state index in [0.717, 1.165) is 88.8 Å². The third-order valence-corrected chi connectivity index (χ3v) is 25.4. The smallest absolute Gasteiger partial charge is 0.0323 e. The lowest BCUT2D eigenvalue weighted by Crippen LogP contribution is -2.38. The summed E-state index contributed by atoms with van der Waals surface area (Å²) in [5.41, 5.74) is 2.99. The number of hydrogen-bond donors (Lipinski definition) is 0. The summed E-state index contributed by atoms with van der Waals surface area (Å²) in [6.07, 6.45) is 53.0. The molecule has 0 aromatic heterocycles. The van der Waals surface area contributed by atoms with Crippen molar-refractivity contribution in [1.82, 2.24) is 0 Å². The highest BCUT2D eigenvalue weighted by molar-refractivity contribution is 4.90. The van der Waals surface area contributed by atoms with Crippen molar-refractivity contribution in [2.45, 2.75) is 466 Å². The zero-order valence-corrected chi connectivity index (χ0v) is 70.3. The van der Waals surface area contributed by atoms with Crippen LogP contribution in [0.4, 0.5) is 0 Å². The fourth-order valence-electron chi connectivity index (χ4n) is 14.8. The molecule has 0 nitrogen and oxygen atoms in total. The van der Waals surface area contributed by atoms with Gasteiger partial charge in [0.15, 0.2) is 0 Å². The van der Waals surface area contributed by atoms with E-state index in [0.29, 0.717) is 27.1 Å². The van der Waals surface area contributed by atoms with Crippen molar-refractivity contribution in [2.75, 3.05) is 0 Å². The summed E-state index contributed by atoms with van der Waals surface area (Å²) >= 11 is 0. The Morgan fingerprint density at radius 3 is 0.956 bits per heavy atom. The third kappa shape index (κ3) is 53.1. The summed E-state index contributed by atoms with van der Waals surface area (Å²) in [5.74, 6) is 14.6. The Balaban J connectivity index is -0.000000453. The average molecular weight is 1270 g/mol. The number of hydrogen-bond acceptors (Lipinski definition) is 0. The monoisotopic (exact) mass is 1270 g/mol. The van der Waals surface area contributed by atoms with Crippen LogP contribution < -0.4 is 0 Å². The lowest BCUT2D eigenvalue weighted by Gasteiger charge is -2.47. The highest BCUT2D eigenvalue weighted by Crippen LogP contribution is 2.50. The maximum Gasteiger partial charge on any atom is -0.0323 e. The second kappa shape index (κ2) is 54.9. The Kier molecular flexibility index (Phi) is 58.8. The van der Waals surface area contributed by atoms with Gasteiger partial charge >= 0.3 is 0 Å². The van der Waals surface area contributed by atoms with Gasteiger partial charge in [-0.1, -0.05) is 428 Å². The molecule has 0 aromatic carbocycles. The van der Waals surface area contributed by atoms with E-state index in [-0.39, 0.29) is 0 Å². The van der Waals surface area contributed by atoms with Gasteiger partial charge < -0.3 is 0 Å². The Morgan fingerprint density at radius 1 is 0.367 bits per heavy atom. The first kappa shape index (κ1) is 96.4. The quantitative estimate of drug-likeness (QED) is 0.172. The van der Waals surface area contributed by atoms with Crippen molar-refractivity contribution in [1.29, 1.82) is 0 Å². The number of unbranched alkanes of at least 4 members (excludes halogenated alkanes) is 2. The van der Waals surface area contributed by atoms with Crippen molar-refractivity contribution >= 4 is 0 Å². The Labute approximate surface area is 578 Å². The Bertz CT molecular complexity index is 1420. The van der Waals surface area contributed by atoms with Crippen molar-refractivity contribution < 1.29 is 0 Å². The molecule has 0 radical (unpaired) electrons. The summed E-state index contributed by atoms with van der Waals surface area (Å²) in [5, 5.41) is 0. The molecule has 6 atom stereocenters. The second-order valence-electron chi connectivity index (χ2n) is 37.8. The van der Waals surface area contributed by atoms with Crippen molar-refractivity contribution in [2.24, 2.45) is 116 Å². The van der Waals surface area contributed by atoms with Gasteiger partial charge in [-0.2, -0.15) is 0 Å². The van der Waals surface area contributed by atoms with Gasteiger partial charge in [-0.05, 0) is 154 Å². The van der Waals surface area contributed by atoms with Gasteiger partial charge in [0, 0.05) is 0 Å². The summed E-state index contributed by atoms with van der Waals surface area (Å²) < 4.78 is 0. The van der Waals surface area contributed by atoms with Crippen LogP contribution in [0, 0.1) is 116 Å². The third-order valence-electron chi connectivity index (χ3n) is 25.4. The molecule has 4 unspecified atom stereocenters.